The summed E-state index contributed by atoms with van der Waals surface area (Å²) < 4.78 is 0.972. The fourth-order valence-electron chi connectivity index (χ4n) is 0.408. The van der Waals surface area contributed by atoms with Gasteiger partial charge in [0, 0.05) is 12.1 Å². The maximum atomic E-state index is 8.67. The van der Waals surface area contributed by atoms with Crippen molar-refractivity contribution in [3.63, 3.8) is 0 Å². The van der Waals surface area contributed by atoms with Gasteiger partial charge in [0.25, 0.3) is 0 Å². The standard InChI is InChI=1S/C4H5NO2S/c6-3-1-2-4(7)5(3)8/h1-2,6-8H. The second-order valence-electron chi connectivity index (χ2n) is 1.36. The smallest absolute Gasteiger partial charge is 0.204 e. The lowest BCUT2D eigenvalue weighted by Gasteiger charge is -1.91. The first-order valence-corrected chi connectivity index (χ1v) is 2.41. The molecule has 0 unspecified atom stereocenters. The molecule has 0 radical (unpaired) electrons. The van der Waals surface area contributed by atoms with Crippen molar-refractivity contribution in [2.45, 2.75) is 0 Å². The van der Waals surface area contributed by atoms with Crippen molar-refractivity contribution in [1.29, 1.82) is 0 Å². The second kappa shape index (κ2) is 1.63. The van der Waals surface area contributed by atoms with Gasteiger partial charge in [0.05, 0.1) is 0 Å². The normalized spacial score (nSPS) is 9.62. The van der Waals surface area contributed by atoms with Crippen molar-refractivity contribution in [1.82, 2.24) is 3.97 Å². The molecule has 0 spiro atoms. The molecule has 1 heterocycles. The van der Waals surface area contributed by atoms with Crippen LogP contribution in [0.4, 0.5) is 0 Å². The molecule has 0 atom stereocenters. The van der Waals surface area contributed by atoms with E-state index in [1.54, 1.807) is 0 Å². The molecule has 4 heteroatoms. The summed E-state index contributed by atoms with van der Waals surface area (Å²) in [5.74, 6) is -0.128. The number of rotatable bonds is 0. The summed E-state index contributed by atoms with van der Waals surface area (Å²) in [7, 11) is 0. The fraction of sp³-hybridized carbons (Fsp3) is 0. The van der Waals surface area contributed by atoms with Crippen molar-refractivity contribution >= 4 is 12.8 Å². The molecule has 2 N–H and O–H groups in total. The maximum Gasteiger partial charge on any atom is 0.204 e. The Hall–Kier alpha value is -0.770. The van der Waals surface area contributed by atoms with Crippen LogP contribution >= 0.6 is 12.8 Å². The highest BCUT2D eigenvalue weighted by atomic mass is 32.1. The van der Waals surface area contributed by atoms with Gasteiger partial charge in [-0.15, -0.1) is 0 Å². The molecular formula is C4H5NO2S. The van der Waals surface area contributed by atoms with Gasteiger partial charge in [0.15, 0.2) is 0 Å². The number of aromatic hydroxyl groups is 2. The highest BCUT2D eigenvalue weighted by molar-refractivity contribution is 7.78. The van der Waals surface area contributed by atoms with Gasteiger partial charge in [-0.2, -0.15) is 0 Å². The van der Waals surface area contributed by atoms with Crippen LogP contribution in [0.3, 0.4) is 0 Å². The minimum atomic E-state index is -0.0640. The summed E-state index contributed by atoms with van der Waals surface area (Å²) in [6, 6.07) is 2.70. The first kappa shape index (κ1) is 5.37. The Morgan fingerprint density at radius 2 is 1.62 bits per heavy atom. The molecule has 0 aliphatic rings. The topological polar surface area (TPSA) is 45.4 Å². The first-order valence-electron chi connectivity index (χ1n) is 2.01. The third kappa shape index (κ3) is 0.626. The van der Waals surface area contributed by atoms with Gasteiger partial charge in [-0.3, -0.25) is 0 Å². The summed E-state index contributed by atoms with van der Waals surface area (Å²) in [6.07, 6.45) is 0. The Bertz CT molecular complexity index is 176. The van der Waals surface area contributed by atoms with E-state index in [0.29, 0.717) is 0 Å². The zero-order valence-electron chi connectivity index (χ0n) is 3.94. The SMILES string of the molecule is Oc1ccc(O)n1S. The van der Waals surface area contributed by atoms with Crippen LogP contribution in [-0.2, 0) is 0 Å². The number of nitrogens with zero attached hydrogens (tertiary/aromatic N) is 1. The van der Waals surface area contributed by atoms with Gasteiger partial charge in [0.2, 0.25) is 11.8 Å². The average molecular weight is 131 g/mol. The summed E-state index contributed by atoms with van der Waals surface area (Å²) in [6.45, 7) is 0. The molecule has 1 aromatic heterocycles. The van der Waals surface area contributed by atoms with E-state index in [4.69, 9.17) is 10.2 Å². The van der Waals surface area contributed by atoms with Crippen molar-refractivity contribution in [3.8, 4) is 11.8 Å². The van der Waals surface area contributed by atoms with Crippen LogP contribution in [0.1, 0.15) is 0 Å². The summed E-state index contributed by atoms with van der Waals surface area (Å²) in [5.41, 5.74) is 0. The molecular weight excluding hydrogens is 126 g/mol. The summed E-state index contributed by atoms with van der Waals surface area (Å²) >= 11 is 3.68. The van der Waals surface area contributed by atoms with Crippen molar-refractivity contribution in [2.75, 3.05) is 0 Å². The van der Waals surface area contributed by atoms with Crippen LogP contribution in [0, 0.1) is 0 Å². The van der Waals surface area contributed by atoms with E-state index in [1.807, 2.05) is 0 Å². The third-order valence-corrected chi connectivity index (χ3v) is 1.23. The quantitative estimate of drug-likeness (QED) is 0.451. The molecule has 0 amide bonds. The second-order valence-corrected chi connectivity index (χ2v) is 1.76. The highest BCUT2D eigenvalue weighted by Crippen LogP contribution is 2.20. The van der Waals surface area contributed by atoms with Crippen LogP contribution in [0.25, 0.3) is 0 Å². The Morgan fingerprint density at radius 1 is 1.25 bits per heavy atom. The van der Waals surface area contributed by atoms with E-state index in [2.05, 4.69) is 12.8 Å². The Kier molecular flexibility index (Phi) is 1.09. The van der Waals surface area contributed by atoms with Crippen LogP contribution in [0.5, 0.6) is 11.8 Å². The molecule has 3 nitrogen and oxygen atoms in total. The lowest BCUT2D eigenvalue weighted by molar-refractivity contribution is 0.417. The molecule has 0 aliphatic heterocycles. The molecule has 1 rings (SSSR count). The van der Waals surface area contributed by atoms with Crippen LogP contribution in [-0.4, -0.2) is 14.2 Å². The molecule has 0 aliphatic carbocycles. The summed E-state index contributed by atoms with van der Waals surface area (Å²) in [4.78, 5) is 0. The molecule has 0 aromatic carbocycles. The highest BCUT2D eigenvalue weighted by Gasteiger charge is 1.98. The van der Waals surface area contributed by atoms with Gasteiger partial charge < -0.3 is 10.2 Å². The summed E-state index contributed by atoms with van der Waals surface area (Å²) in [5, 5.41) is 17.3. The molecule has 1 aromatic rings. The van der Waals surface area contributed by atoms with E-state index >= 15 is 0 Å². The Balaban J connectivity index is 3.19. The lowest BCUT2D eigenvalue weighted by atomic mass is 10.6. The van der Waals surface area contributed by atoms with E-state index in [0.717, 1.165) is 3.97 Å². The zero-order chi connectivity index (χ0) is 6.15. The largest absolute Gasteiger partial charge is 0.494 e. The number of aromatic nitrogens is 1. The molecule has 0 bridgehead atoms. The monoisotopic (exact) mass is 131 g/mol. The molecule has 0 saturated carbocycles. The molecule has 8 heavy (non-hydrogen) atoms. The maximum absolute atomic E-state index is 8.67. The van der Waals surface area contributed by atoms with Crippen molar-refractivity contribution in [2.24, 2.45) is 0 Å². The number of thiol groups is 1. The Labute approximate surface area is 51.7 Å². The Morgan fingerprint density at radius 3 is 1.75 bits per heavy atom. The zero-order valence-corrected chi connectivity index (χ0v) is 4.84. The van der Waals surface area contributed by atoms with Gasteiger partial charge >= 0.3 is 0 Å². The van der Waals surface area contributed by atoms with Crippen molar-refractivity contribution in [3.05, 3.63) is 12.1 Å². The van der Waals surface area contributed by atoms with Gasteiger partial charge in [-0.1, -0.05) is 12.8 Å². The van der Waals surface area contributed by atoms with Crippen LogP contribution < -0.4 is 0 Å². The molecule has 0 fully saturated rings. The third-order valence-electron chi connectivity index (χ3n) is 0.815. The predicted molar refractivity (Wildman–Crippen MR) is 32.1 cm³/mol. The number of hydrogen-bond acceptors (Lipinski definition) is 3. The minimum Gasteiger partial charge on any atom is -0.494 e. The van der Waals surface area contributed by atoms with Gasteiger partial charge in [-0.25, -0.2) is 3.97 Å². The van der Waals surface area contributed by atoms with Crippen LogP contribution in [0.15, 0.2) is 12.1 Å². The van der Waals surface area contributed by atoms with Crippen LogP contribution in [0.2, 0.25) is 0 Å². The van der Waals surface area contributed by atoms with E-state index in [-0.39, 0.29) is 11.8 Å². The fourth-order valence-corrected chi connectivity index (χ4v) is 0.541. The predicted octanol–water partition coefficient (Wildman–Crippen LogP) is 0.592. The van der Waals surface area contributed by atoms with Crippen molar-refractivity contribution < 1.29 is 10.2 Å². The van der Waals surface area contributed by atoms with E-state index in [9.17, 15) is 0 Å². The average Bonchev–Trinajstić information content (AvgIpc) is 1.98. The lowest BCUT2D eigenvalue weighted by Crippen LogP contribution is -1.74. The van der Waals surface area contributed by atoms with E-state index in [1.165, 1.54) is 12.1 Å². The molecule has 0 saturated heterocycles. The number of hydrogen-bond donors (Lipinski definition) is 3. The van der Waals surface area contributed by atoms with Gasteiger partial charge in [0.1, 0.15) is 0 Å². The van der Waals surface area contributed by atoms with E-state index < -0.39 is 0 Å². The first-order chi connectivity index (χ1) is 3.72. The molecule has 44 valence electrons. The van der Waals surface area contributed by atoms with Gasteiger partial charge in [-0.05, 0) is 0 Å². The minimum absolute atomic E-state index is 0.0640.